The Labute approximate surface area is 119 Å². The molecule has 2 aromatic rings. The Kier molecular flexibility index (Phi) is 4.23. The zero-order valence-corrected chi connectivity index (χ0v) is 12.1. The SMILES string of the molecule is COC(=O)CCCc1cc2cc(Br)cc(C#N)c2[nH]1. The molecular weight excluding hydrogens is 308 g/mol. The summed E-state index contributed by atoms with van der Waals surface area (Å²) in [5.41, 5.74) is 2.48. The van der Waals surface area contributed by atoms with Gasteiger partial charge in [-0.05, 0) is 31.0 Å². The largest absolute Gasteiger partial charge is 0.469 e. The number of fused-ring (bicyclic) bond motifs is 1. The minimum Gasteiger partial charge on any atom is -0.469 e. The normalized spacial score (nSPS) is 10.4. The van der Waals surface area contributed by atoms with E-state index >= 15 is 0 Å². The molecule has 1 aromatic heterocycles. The summed E-state index contributed by atoms with van der Waals surface area (Å²) in [6, 6.07) is 7.94. The van der Waals surface area contributed by atoms with E-state index in [2.05, 4.69) is 31.7 Å². The van der Waals surface area contributed by atoms with Crippen LogP contribution < -0.4 is 0 Å². The van der Waals surface area contributed by atoms with Crippen LogP contribution in [0.1, 0.15) is 24.1 Å². The average molecular weight is 321 g/mol. The van der Waals surface area contributed by atoms with E-state index in [1.807, 2.05) is 12.1 Å². The van der Waals surface area contributed by atoms with Crippen molar-refractivity contribution in [3.8, 4) is 6.07 Å². The number of H-pyrrole nitrogens is 1. The van der Waals surface area contributed by atoms with Gasteiger partial charge in [0.15, 0.2) is 0 Å². The Morgan fingerprint density at radius 2 is 2.26 bits per heavy atom. The maximum Gasteiger partial charge on any atom is 0.305 e. The third kappa shape index (κ3) is 3.15. The molecular formula is C14H13BrN2O2. The monoisotopic (exact) mass is 320 g/mol. The van der Waals surface area contributed by atoms with Crippen LogP contribution in [0.4, 0.5) is 0 Å². The second-order valence-corrected chi connectivity index (χ2v) is 5.17. The third-order valence-electron chi connectivity index (χ3n) is 2.92. The zero-order valence-electron chi connectivity index (χ0n) is 10.5. The van der Waals surface area contributed by atoms with E-state index in [0.717, 1.165) is 33.9 Å². The van der Waals surface area contributed by atoms with Crippen molar-refractivity contribution in [2.24, 2.45) is 0 Å². The van der Waals surface area contributed by atoms with Gasteiger partial charge in [-0.25, -0.2) is 0 Å². The molecule has 98 valence electrons. The highest BCUT2D eigenvalue weighted by Gasteiger charge is 2.08. The van der Waals surface area contributed by atoms with E-state index in [0.29, 0.717) is 12.0 Å². The van der Waals surface area contributed by atoms with Crippen LogP contribution in [0.15, 0.2) is 22.7 Å². The molecule has 0 fully saturated rings. The standard InChI is InChI=1S/C14H13BrN2O2/c1-19-13(18)4-2-3-12-7-9-5-11(15)6-10(8-16)14(9)17-12/h5-7,17H,2-4H2,1H3. The van der Waals surface area contributed by atoms with Crippen molar-refractivity contribution < 1.29 is 9.53 Å². The zero-order chi connectivity index (χ0) is 13.8. The number of hydrogen-bond acceptors (Lipinski definition) is 3. The van der Waals surface area contributed by atoms with Gasteiger partial charge in [0, 0.05) is 22.0 Å². The number of benzene rings is 1. The first-order valence-corrected chi connectivity index (χ1v) is 6.71. The minimum absolute atomic E-state index is 0.198. The van der Waals surface area contributed by atoms with Crippen LogP contribution in [0.25, 0.3) is 10.9 Å². The Morgan fingerprint density at radius 3 is 2.95 bits per heavy atom. The van der Waals surface area contributed by atoms with E-state index in [4.69, 9.17) is 5.26 Å². The number of aromatic nitrogens is 1. The van der Waals surface area contributed by atoms with Crippen LogP contribution in [0, 0.1) is 11.3 Å². The summed E-state index contributed by atoms with van der Waals surface area (Å²) in [5.74, 6) is -0.198. The number of esters is 1. The first-order chi connectivity index (χ1) is 9.13. The lowest BCUT2D eigenvalue weighted by molar-refractivity contribution is -0.140. The number of nitriles is 1. The number of ether oxygens (including phenoxy) is 1. The van der Waals surface area contributed by atoms with Crippen LogP contribution in [-0.4, -0.2) is 18.1 Å². The molecule has 0 spiro atoms. The average Bonchev–Trinajstić information content (AvgIpc) is 2.79. The van der Waals surface area contributed by atoms with Crippen LogP contribution in [0.5, 0.6) is 0 Å². The number of nitrogens with one attached hydrogen (secondary N) is 1. The number of carbonyl (C=O) groups is 1. The summed E-state index contributed by atoms with van der Waals surface area (Å²) in [4.78, 5) is 14.3. The van der Waals surface area contributed by atoms with Crippen molar-refractivity contribution in [3.63, 3.8) is 0 Å². The fraction of sp³-hybridized carbons (Fsp3) is 0.286. The minimum atomic E-state index is -0.198. The number of methoxy groups -OCH3 is 1. The van der Waals surface area contributed by atoms with Gasteiger partial charge in [0.05, 0.1) is 18.2 Å². The summed E-state index contributed by atoms with van der Waals surface area (Å²) in [5, 5.41) is 10.1. The van der Waals surface area contributed by atoms with Crippen LogP contribution >= 0.6 is 15.9 Å². The number of aryl methyl sites for hydroxylation is 1. The molecule has 0 saturated carbocycles. The number of aromatic amines is 1. The first kappa shape index (κ1) is 13.6. The molecule has 0 aliphatic rings. The maximum atomic E-state index is 11.0. The van der Waals surface area contributed by atoms with Gasteiger partial charge in [-0.3, -0.25) is 4.79 Å². The van der Waals surface area contributed by atoms with Crippen molar-refractivity contribution in [1.82, 2.24) is 4.98 Å². The van der Waals surface area contributed by atoms with Crippen LogP contribution in [-0.2, 0) is 16.0 Å². The lowest BCUT2D eigenvalue weighted by Gasteiger charge is -1.98. The molecule has 0 unspecified atom stereocenters. The highest BCUT2D eigenvalue weighted by atomic mass is 79.9. The summed E-state index contributed by atoms with van der Waals surface area (Å²) in [7, 11) is 1.39. The summed E-state index contributed by atoms with van der Waals surface area (Å²) < 4.78 is 5.49. The van der Waals surface area contributed by atoms with Gasteiger partial charge in [-0.15, -0.1) is 0 Å². The summed E-state index contributed by atoms with van der Waals surface area (Å²) in [6.07, 6.45) is 1.88. The number of halogens is 1. The molecule has 1 N–H and O–H groups in total. The van der Waals surface area contributed by atoms with Gasteiger partial charge >= 0.3 is 5.97 Å². The molecule has 0 atom stereocenters. The van der Waals surface area contributed by atoms with Crippen molar-refractivity contribution in [2.45, 2.75) is 19.3 Å². The molecule has 4 nitrogen and oxygen atoms in total. The predicted octanol–water partition coefficient (Wildman–Crippen LogP) is 3.30. The van der Waals surface area contributed by atoms with E-state index in [1.165, 1.54) is 7.11 Å². The van der Waals surface area contributed by atoms with Crippen molar-refractivity contribution in [2.75, 3.05) is 7.11 Å². The fourth-order valence-electron chi connectivity index (χ4n) is 2.01. The Hall–Kier alpha value is -1.80. The van der Waals surface area contributed by atoms with E-state index in [1.54, 1.807) is 6.07 Å². The van der Waals surface area contributed by atoms with Gasteiger partial charge in [0.2, 0.25) is 0 Å². The molecule has 0 amide bonds. The molecule has 0 saturated heterocycles. The predicted molar refractivity (Wildman–Crippen MR) is 75.7 cm³/mol. The van der Waals surface area contributed by atoms with Gasteiger partial charge in [0.1, 0.15) is 6.07 Å². The van der Waals surface area contributed by atoms with Crippen molar-refractivity contribution >= 4 is 32.8 Å². The number of nitrogens with zero attached hydrogens (tertiary/aromatic N) is 1. The van der Waals surface area contributed by atoms with Gasteiger partial charge in [-0.2, -0.15) is 5.26 Å². The molecule has 1 aromatic carbocycles. The molecule has 0 bridgehead atoms. The molecule has 19 heavy (non-hydrogen) atoms. The summed E-state index contributed by atoms with van der Waals surface area (Å²) in [6.45, 7) is 0. The number of hydrogen-bond donors (Lipinski definition) is 1. The highest BCUT2D eigenvalue weighted by Crippen LogP contribution is 2.25. The Balaban J connectivity index is 2.18. The Morgan fingerprint density at radius 1 is 1.47 bits per heavy atom. The second kappa shape index (κ2) is 5.89. The van der Waals surface area contributed by atoms with Gasteiger partial charge in [0.25, 0.3) is 0 Å². The van der Waals surface area contributed by atoms with E-state index in [-0.39, 0.29) is 5.97 Å². The third-order valence-corrected chi connectivity index (χ3v) is 3.38. The second-order valence-electron chi connectivity index (χ2n) is 4.25. The van der Waals surface area contributed by atoms with Crippen LogP contribution in [0.2, 0.25) is 0 Å². The van der Waals surface area contributed by atoms with E-state index in [9.17, 15) is 4.79 Å². The van der Waals surface area contributed by atoms with Gasteiger partial charge in [-0.1, -0.05) is 15.9 Å². The lowest BCUT2D eigenvalue weighted by atomic mass is 10.1. The smallest absolute Gasteiger partial charge is 0.305 e. The molecule has 0 aliphatic carbocycles. The van der Waals surface area contributed by atoms with Crippen molar-refractivity contribution in [1.29, 1.82) is 5.26 Å². The van der Waals surface area contributed by atoms with E-state index < -0.39 is 0 Å². The molecule has 1 heterocycles. The Bertz CT molecular complexity index is 655. The van der Waals surface area contributed by atoms with Crippen molar-refractivity contribution in [3.05, 3.63) is 33.9 Å². The fourth-order valence-corrected chi connectivity index (χ4v) is 2.49. The number of carbonyl (C=O) groups excluding carboxylic acids is 1. The quantitative estimate of drug-likeness (QED) is 0.879. The topological polar surface area (TPSA) is 65.9 Å². The summed E-state index contributed by atoms with van der Waals surface area (Å²) >= 11 is 3.39. The first-order valence-electron chi connectivity index (χ1n) is 5.92. The number of rotatable bonds is 4. The maximum absolute atomic E-state index is 11.0. The molecule has 2 rings (SSSR count). The highest BCUT2D eigenvalue weighted by molar-refractivity contribution is 9.10. The van der Waals surface area contributed by atoms with Gasteiger partial charge < -0.3 is 9.72 Å². The molecule has 5 heteroatoms. The molecule has 0 aliphatic heterocycles. The molecule has 0 radical (unpaired) electrons. The lowest BCUT2D eigenvalue weighted by Crippen LogP contribution is -2.00. The van der Waals surface area contributed by atoms with Crippen LogP contribution in [0.3, 0.4) is 0 Å².